The van der Waals surface area contributed by atoms with Crippen LogP contribution in [0.5, 0.6) is 11.5 Å². The Morgan fingerprint density at radius 1 is 1.19 bits per heavy atom. The van der Waals surface area contributed by atoms with E-state index in [1.54, 1.807) is 18.2 Å². The van der Waals surface area contributed by atoms with E-state index in [-0.39, 0.29) is 12.4 Å². The molecule has 0 radical (unpaired) electrons. The van der Waals surface area contributed by atoms with Gasteiger partial charge in [0.25, 0.3) is 0 Å². The molecule has 7 heteroatoms. The van der Waals surface area contributed by atoms with Crippen LogP contribution in [0.1, 0.15) is 5.69 Å². The third-order valence-corrected chi connectivity index (χ3v) is 2.98. The van der Waals surface area contributed by atoms with E-state index in [2.05, 4.69) is 10.1 Å². The molecule has 0 unspecified atom stereocenters. The van der Waals surface area contributed by atoms with Crippen molar-refractivity contribution in [2.45, 2.75) is 6.61 Å². The highest BCUT2D eigenvalue weighted by molar-refractivity contribution is 5.39. The van der Waals surface area contributed by atoms with Crippen molar-refractivity contribution < 1.29 is 18.3 Å². The van der Waals surface area contributed by atoms with E-state index in [9.17, 15) is 8.78 Å². The fourth-order valence-electron chi connectivity index (χ4n) is 1.96. The van der Waals surface area contributed by atoms with Crippen molar-refractivity contribution in [2.24, 2.45) is 0 Å². The van der Waals surface area contributed by atoms with Crippen LogP contribution in [0.3, 0.4) is 0 Å². The summed E-state index contributed by atoms with van der Waals surface area (Å²) in [6.07, 6.45) is 1.39. The lowest BCUT2D eigenvalue weighted by Crippen LogP contribution is -2.06. The third kappa shape index (κ3) is 2.37. The molecule has 1 aromatic carbocycles. The molecule has 108 valence electrons. The molecule has 0 aliphatic carbocycles. The number of rotatable bonds is 4. The number of methoxy groups -OCH3 is 1. The van der Waals surface area contributed by atoms with Crippen LogP contribution in [0.25, 0.3) is 5.65 Å². The summed E-state index contributed by atoms with van der Waals surface area (Å²) in [5.74, 6) is -2.22. The Balaban J connectivity index is 1.90. The summed E-state index contributed by atoms with van der Waals surface area (Å²) < 4.78 is 39.2. The molecule has 3 rings (SSSR count). The number of hydrogen-bond acceptors (Lipinski definition) is 4. The summed E-state index contributed by atoms with van der Waals surface area (Å²) in [5.41, 5.74) is 1.24. The molecular formula is C14H11F2N3O2. The van der Waals surface area contributed by atoms with E-state index in [1.165, 1.54) is 24.0 Å². The van der Waals surface area contributed by atoms with Gasteiger partial charge < -0.3 is 9.47 Å². The summed E-state index contributed by atoms with van der Waals surface area (Å²) in [5, 5.41) is 4.02. The second-order valence-corrected chi connectivity index (χ2v) is 4.23. The van der Waals surface area contributed by atoms with Crippen molar-refractivity contribution in [3.63, 3.8) is 0 Å². The maximum atomic E-state index is 14.0. The van der Waals surface area contributed by atoms with Gasteiger partial charge in [-0.3, -0.25) is 0 Å². The molecule has 0 spiro atoms. The maximum absolute atomic E-state index is 14.0. The number of aromatic nitrogens is 3. The van der Waals surface area contributed by atoms with E-state index in [1.807, 2.05) is 0 Å². The van der Waals surface area contributed by atoms with Gasteiger partial charge in [0.05, 0.1) is 12.8 Å². The highest BCUT2D eigenvalue weighted by Gasteiger charge is 2.16. The molecule has 0 fully saturated rings. The first-order valence-electron chi connectivity index (χ1n) is 6.13. The normalized spacial score (nSPS) is 10.8. The largest absolute Gasteiger partial charge is 0.494 e. The Morgan fingerprint density at radius 2 is 2.05 bits per heavy atom. The van der Waals surface area contributed by atoms with Gasteiger partial charge >= 0.3 is 0 Å². The first-order chi connectivity index (χ1) is 10.2. The van der Waals surface area contributed by atoms with Crippen molar-refractivity contribution in [3.8, 4) is 11.5 Å². The summed E-state index contributed by atoms with van der Waals surface area (Å²) in [4.78, 5) is 4.02. The fraction of sp³-hybridized carbons (Fsp3) is 0.143. The highest BCUT2D eigenvalue weighted by atomic mass is 19.1. The predicted octanol–water partition coefficient (Wildman–Crippen LogP) is 2.60. The predicted molar refractivity (Wildman–Crippen MR) is 70.2 cm³/mol. The molecule has 0 aliphatic heterocycles. The van der Waals surface area contributed by atoms with Crippen molar-refractivity contribution >= 4 is 5.65 Å². The Bertz CT molecular complexity index is 789. The second kappa shape index (κ2) is 5.35. The Morgan fingerprint density at radius 3 is 2.86 bits per heavy atom. The topological polar surface area (TPSA) is 48.7 Å². The monoisotopic (exact) mass is 291 g/mol. The van der Waals surface area contributed by atoms with E-state index >= 15 is 0 Å². The number of pyridine rings is 1. The van der Waals surface area contributed by atoms with Crippen LogP contribution in [0.4, 0.5) is 8.78 Å². The van der Waals surface area contributed by atoms with Gasteiger partial charge in [-0.1, -0.05) is 6.07 Å². The lowest BCUT2D eigenvalue weighted by atomic mass is 10.3. The van der Waals surface area contributed by atoms with Gasteiger partial charge in [-0.05, 0) is 24.3 Å². The minimum absolute atomic E-state index is 0.0539. The average Bonchev–Trinajstić information content (AvgIpc) is 2.96. The molecule has 0 saturated heterocycles. The van der Waals surface area contributed by atoms with Crippen molar-refractivity contribution in [3.05, 3.63) is 54.0 Å². The molecule has 2 heterocycles. The van der Waals surface area contributed by atoms with Gasteiger partial charge in [0, 0.05) is 0 Å². The number of ether oxygens (including phenoxy) is 2. The first kappa shape index (κ1) is 13.3. The van der Waals surface area contributed by atoms with Gasteiger partial charge in [0.1, 0.15) is 12.9 Å². The zero-order valence-corrected chi connectivity index (χ0v) is 11.1. The first-order valence-corrected chi connectivity index (χ1v) is 6.13. The van der Waals surface area contributed by atoms with Crippen molar-refractivity contribution in [1.29, 1.82) is 0 Å². The zero-order valence-electron chi connectivity index (χ0n) is 11.1. The zero-order chi connectivity index (χ0) is 14.8. The second-order valence-electron chi connectivity index (χ2n) is 4.23. The molecule has 3 aromatic rings. The fourth-order valence-corrected chi connectivity index (χ4v) is 1.96. The molecule has 0 amide bonds. The van der Waals surface area contributed by atoms with E-state index in [0.29, 0.717) is 11.3 Å². The van der Waals surface area contributed by atoms with Crippen LogP contribution in [-0.4, -0.2) is 21.7 Å². The Labute approximate surface area is 118 Å². The van der Waals surface area contributed by atoms with Crippen LogP contribution in [0.15, 0.2) is 36.7 Å². The number of fused-ring (bicyclic) bond motifs is 1. The number of halogens is 2. The highest BCUT2D eigenvalue weighted by Crippen LogP contribution is 2.29. The smallest absolute Gasteiger partial charge is 0.209 e. The van der Waals surface area contributed by atoms with Crippen LogP contribution in [0.2, 0.25) is 0 Å². The minimum Gasteiger partial charge on any atom is -0.494 e. The standard InChI is InChI=1S/C14H11F2N3O2/c1-20-11-6-5-10(15)14(13(11)16)21-7-9-3-2-4-12-17-8-18-19(9)12/h2-6,8H,7H2,1H3. The van der Waals surface area contributed by atoms with Crippen LogP contribution >= 0.6 is 0 Å². The van der Waals surface area contributed by atoms with Crippen LogP contribution in [-0.2, 0) is 6.61 Å². The average molecular weight is 291 g/mol. The lowest BCUT2D eigenvalue weighted by molar-refractivity contribution is 0.261. The Hall–Kier alpha value is -2.70. The summed E-state index contributed by atoms with van der Waals surface area (Å²) in [6, 6.07) is 7.56. The number of hydrogen-bond donors (Lipinski definition) is 0. The van der Waals surface area contributed by atoms with Gasteiger partial charge in [0.2, 0.25) is 5.82 Å². The molecule has 0 aliphatic rings. The number of nitrogens with zero attached hydrogens (tertiary/aromatic N) is 3. The van der Waals surface area contributed by atoms with Crippen LogP contribution in [0, 0.1) is 11.6 Å². The summed E-state index contributed by atoms with van der Waals surface area (Å²) >= 11 is 0. The summed E-state index contributed by atoms with van der Waals surface area (Å²) in [7, 11) is 1.30. The third-order valence-electron chi connectivity index (χ3n) is 2.98. The van der Waals surface area contributed by atoms with E-state index in [4.69, 9.17) is 9.47 Å². The maximum Gasteiger partial charge on any atom is 0.209 e. The lowest BCUT2D eigenvalue weighted by Gasteiger charge is -2.11. The molecule has 0 saturated carbocycles. The quantitative estimate of drug-likeness (QED) is 0.741. The SMILES string of the molecule is COc1ccc(F)c(OCc2cccc3ncnn23)c1F. The van der Waals surface area contributed by atoms with E-state index < -0.39 is 17.4 Å². The molecule has 5 nitrogen and oxygen atoms in total. The molecule has 2 aromatic heterocycles. The molecule has 0 atom stereocenters. The van der Waals surface area contributed by atoms with Gasteiger partial charge in [-0.15, -0.1) is 0 Å². The minimum atomic E-state index is -0.872. The summed E-state index contributed by atoms with van der Waals surface area (Å²) in [6.45, 7) is -0.0539. The molecule has 0 bridgehead atoms. The van der Waals surface area contributed by atoms with Crippen molar-refractivity contribution in [2.75, 3.05) is 7.11 Å². The van der Waals surface area contributed by atoms with E-state index in [0.717, 1.165) is 6.07 Å². The number of benzene rings is 1. The Kier molecular flexibility index (Phi) is 3.39. The van der Waals surface area contributed by atoms with Gasteiger partial charge in [-0.25, -0.2) is 13.9 Å². The van der Waals surface area contributed by atoms with Crippen molar-refractivity contribution in [1.82, 2.24) is 14.6 Å². The molecule has 0 N–H and O–H groups in total. The van der Waals surface area contributed by atoms with Gasteiger partial charge in [-0.2, -0.15) is 9.49 Å². The van der Waals surface area contributed by atoms with Gasteiger partial charge in [0.15, 0.2) is 23.0 Å². The molecular weight excluding hydrogens is 280 g/mol. The molecule has 21 heavy (non-hydrogen) atoms. The van der Waals surface area contributed by atoms with Crippen LogP contribution < -0.4 is 9.47 Å².